The van der Waals surface area contributed by atoms with Crippen molar-refractivity contribution < 1.29 is 26.3 Å². The molecule has 1 saturated heterocycles. The molecule has 0 unspecified atom stereocenters. The molecule has 13 heteroatoms. The standard InChI is InChI=1S/C22H22F3N5O3S2/c23-22(24,25)16-4-5-19(20(12-16)29-8-10-33-11-9-29)18-3-1-2-15-13-30(7-6-17(15)18)35(31,32)28-21-26-14-27-34-21/h1-5,12,14H,6-11,13H2,(H,26,27,28). The minimum atomic E-state index is -4.45. The molecule has 0 radical (unpaired) electrons. The van der Waals surface area contributed by atoms with Crippen LogP contribution in [-0.4, -0.2) is 54.9 Å². The van der Waals surface area contributed by atoms with E-state index in [2.05, 4.69) is 14.1 Å². The van der Waals surface area contributed by atoms with Gasteiger partial charge < -0.3 is 9.64 Å². The summed E-state index contributed by atoms with van der Waals surface area (Å²) in [7, 11) is -3.83. The van der Waals surface area contributed by atoms with Crippen LogP contribution in [0.15, 0.2) is 42.7 Å². The van der Waals surface area contributed by atoms with Crippen LogP contribution >= 0.6 is 11.5 Å². The van der Waals surface area contributed by atoms with Gasteiger partial charge in [0.1, 0.15) is 6.33 Å². The van der Waals surface area contributed by atoms with Gasteiger partial charge in [-0.3, -0.25) is 0 Å². The molecule has 1 aromatic heterocycles. The summed E-state index contributed by atoms with van der Waals surface area (Å²) in [5.74, 6) is 0. The summed E-state index contributed by atoms with van der Waals surface area (Å²) >= 11 is 0.945. The van der Waals surface area contributed by atoms with E-state index in [1.54, 1.807) is 0 Å². The van der Waals surface area contributed by atoms with Crippen LogP contribution in [0.25, 0.3) is 11.1 Å². The molecule has 8 nitrogen and oxygen atoms in total. The molecule has 0 aliphatic carbocycles. The van der Waals surface area contributed by atoms with Crippen molar-refractivity contribution in [3.05, 3.63) is 59.4 Å². The minimum Gasteiger partial charge on any atom is -0.378 e. The fraction of sp³-hybridized carbons (Fsp3) is 0.364. The molecular formula is C22H22F3N5O3S2. The molecule has 1 N–H and O–H groups in total. The molecule has 1 fully saturated rings. The summed E-state index contributed by atoms with van der Waals surface area (Å²) in [6, 6.07) is 9.36. The fourth-order valence-corrected chi connectivity index (χ4v) is 6.23. The highest BCUT2D eigenvalue weighted by Crippen LogP contribution is 2.40. The van der Waals surface area contributed by atoms with Gasteiger partial charge in [-0.2, -0.15) is 30.3 Å². The van der Waals surface area contributed by atoms with Crippen LogP contribution in [0.3, 0.4) is 0 Å². The molecule has 2 aliphatic rings. The van der Waals surface area contributed by atoms with Gasteiger partial charge in [0.15, 0.2) is 0 Å². The topological polar surface area (TPSA) is 87.7 Å². The van der Waals surface area contributed by atoms with Crippen LogP contribution in [-0.2, 0) is 34.1 Å². The Hall–Kier alpha value is -2.74. The summed E-state index contributed by atoms with van der Waals surface area (Å²) in [5, 5.41) is 0.185. The molecule has 0 amide bonds. The van der Waals surface area contributed by atoms with Crippen molar-refractivity contribution in [2.75, 3.05) is 42.5 Å². The summed E-state index contributed by atoms with van der Waals surface area (Å²) in [4.78, 5) is 5.79. The first-order valence-corrected chi connectivity index (χ1v) is 13.1. The van der Waals surface area contributed by atoms with Crippen LogP contribution in [0, 0.1) is 0 Å². The first kappa shape index (κ1) is 24.0. The predicted molar refractivity (Wildman–Crippen MR) is 126 cm³/mol. The van der Waals surface area contributed by atoms with Crippen molar-refractivity contribution in [2.24, 2.45) is 0 Å². The minimum absolute atomic E-state index is 0.144. The molecule has 5 rings (SSSR count). The molecule has 186 valence electrons. The van der Waals surface area contributed by atoms with E-state index in [0.717, 1.165) is 34.3 Å². The number of alkyl halides is 3. The number of halogens is 3. The Morgan fingerprint density at radius 3 is 2.57 bits per heavy atom. The van der Waals surface area contributed by atoms with Gasteiger partial charge in [0, 0.05) is 49.0 Å². The lowest BCUT2D eigenvalue weighted by atomic mass is 9.89. The van der Waals surface area contributed by atoms with E-state index in [4.69, 9.17) is 4.74 Å². The molecule has 2 aromatic carbocycles. The van der Waals surface area contributed by atoms with E-state index in [0.29, 0.717) is 44.0 Å². The quantitative estimate of drug-likeness (QED) is 0.546. The van der Waals surface area contributed by atoms with E-state index in [-0.39, 0.29) is 18.2 Å². The number of rotatable bonds is 5. The smallest absolute Gasteiger partial charge is 0.378 e. The first-order chi connectivity index (χ1) is 16.7. The molecule has 0 atom stereocenters. The number of hydrogen-bond donors (Lipinski definition) is 1. The van der Waals surface area contributed by atoms with Crippen molar-refractivity contribution in [3.63, 3.8) is 0 Å². The third kappa shape index (κ3) is 4.99. The van der Waals surface area contributed by atoms with E-state index < -0.39 is 21.9 Å². The Morgan fingerprint density at radius 1 is 1.06 bits per heavy atom. The average Bonchev–Trinajstić information content (AvgIpc) is 3.35. The number of hydrogen-bond acceptors (Lipinski definition) is 7. The zero-order valence-electron chi connectivity index (χ0n) is 18.5. The molecule has 3 aromatic rings. The third-order valence-electron chi connectivity index (χ3n) is 6.12. The van der Waals surface area contributed by atoms with Gasteiger partial charge in [-0.25, -0.2) is 9.71 Å². The lowest BCUT2D eigenvalue weighted by Gasteiger charge is -2.33. The number of nitrogens with zero attached hydrogens (tertiary/aromatic N) is 4. The zero-order valence-corrected chi connectivity index (χ0v) is 20.1. The van der Waals surface area contributed by atoms with E-state index in [9.17, 15) is 21.6 Å². The first-order valence-electron chi connectivity index (χ1n) is 10.9. The number of fused-ring (bicyclic) bond motifs is 1. The van der Waals surface area contributed by atoms with Gasteiger partial charge in [-0.15, -0.1) is 0 Å². The van der Waals surface area contributed by atoms with Gasteiger partial charge in [-0.05, 0) is 35.2 Å². The Bertz CT molecular complexity index is 1310. The molecule has 35 heavy (non-hydrogen) atoms. The monoisotopic (exact) mass is 525 g/mol. The second-order valence-corrected chi connectivity index (χ2v) is 10.7. The van der Waals surface area contributed by atoms with Crippen molar-refractivity contribution in [3.8, 4) is 11.1 Å². The third-order valence-corrected chi connectivity index (χ3v) is 8.27. The number of nitrogens with one attached hydrogen (secondary N) is 1. The highest BCUT2D eigenvalue weighted by atomic mass is 32.2. The maximum Gasteiger partial charge on any atom is 0.416 e. The number of benzene rings is 2. The molecule has 2 aliphatic heterocycles. The second kappa shape index (κ2) is 9.37. The van der Waals surface area contributed by atoms with Crippen molar-refractivity contribution in [1.29, 1.82) is 0 Å². The van der Waals surface area contributed by atoms with Gasteiger partial charge in [0.25, 0.3) is 0 Å². The van der Waals surface area contributed by atoms with Gasteiger partial charge in [0.05, 0.1) is 18.8 Å². The Balaban J connectivity index is 1.50. The van der Waals surface area contributed by atoms with Crippen LogP contribution in [0.1, 0.15) is 16.7 Å². The summed E-state index contributed by atoms with van der Waals surface area (Å²) in [6.07, 6.45) is -2.76. The molecule has 0 bridgehead atoms. The van der Waals surface area contributed by atoms with Gasteiger partial charge in [0.2, 0.25) is 5.13 Å². The summed E-state index contributed by atoms with van der Waals surface area (Å²) in [5.41, 5.74) is 3.05. The highest BCUT2D eigenvalue weighted by molar-refractivity contribution is 7.90. The Kier molecular flexibility index (Phi) is 6.42. The number of morpholine rings is 1. The molecular weight excluding hydrogens is 503 g/mol. The average molecular weight is 526 g/mol. The number of aromatic nitrogens is 2. The largest absolute Gasteiger partial charge is 0.416 e. The maximum absolute atomic E-state index is 13.5. The highest BCUT2D eigenvalue weighted by Gasteiger charge is 2.33. The zero-order chi connectivity index (χ0) is 24.6. The van der Waals surface area contributed by atoms with Crippen LogP contribution in [0.5, 0.6) is 0 Å². The predicted octanol–water partition coefficient (Wildman–Crippen LogP) is 3.78. The Labute approximate surface area is 204 Å². The lowest BCUT2D eigenvalue weighted by Crippen LogP contribution is -2.39. The Morgan fingerprint density at radius 2 is 1.86 bits per heavy atom. The maximum atomic E-state index is 13.5. The van der Waals surface area contributed by atoms with Gasteiger partial charge >= 0.3 is 16.4 Å². The van der Waals surface area contributed by atoms with Gasteiger partial charge in [-0.1, -0.05) is 24.3 Å². The normalized spacial score (nSPS) is 17.3. The second-order valence-electron chi connectivity index (χ2n) is 8.21. The number of anilines is 2. The van der Waals surface area contributed by atoms with Crippen molar-refractivity contribution in [2.45, 2.75) is 19.1 Å². The van der Waals surface area contributed by atoms with Crippen LogP contribution in [0.4, 0.5) is 24.0 Å². The molecule has 0 spiro atoms. The lowest BCUT2D eigenvalue weighted by molar-refractivity contribution is -0.137. The SMILES string of the molecule is O=S(=O)(Nc1ncns1)N1CCc2c(cccc2-c2ccc(C(F)(F)F)cc2N2CCOCC2)C1. The summed E-state index contributed by atoms with van der Waals surface area (Å²) < 4.78 is 79.2. The van der Waals surface area contributed by atoms with E-state index in [1.165, 1.54) is 22.8 Å². The molecule has 3 heterocycles. The van der Waals surface area contributed by atoms with E-state index in [1.807, 2.05) is 23.1 Å². The van der Waals surface area contributed by atoms with Crippen molar-refractivity contribution in [1.82, 2.24) is 13.7 Å². The van der Waals surface area contributed by atoms with Crippen molar-refractivity contribution >= 4 is 32.6 Å². The van der Waals surface area contributed by atoms with E-state index >= 15 is 0 Å². The molecule has 0 saturated carbocycles. The van der Waals surface area contributed by atoms with Crippen LogP contribution < -0.4 is 9.62 Å². The summed E-state index contributed by atoms with van der Waals surface area (Å²) in [6.45, 7) is 2.24. The van der Waals surface area contributed by atoms with Crippen LogP contribution in [0.2, 0.25) is 0 Å². The number of ether oxygens (including phenoxy) is 1. The fourth-order valence-electron chi connectivity index (χ4n) is 4.44.